The number of carbonyl (C=O) groups excluding carboxylic acids is 1. The highest BCUT2D eigenvalue weighted by molar-refractivity contribution is 5.93. The van der Waals surface area contributed by atoms with Crippen molar-refractivity contribution in [2.75, 3.05) is 0 Å². The minimum atomic E-state index is -0.865. The lowest BCUT2D eigenvalue weighted by Gasteiger charge is -2.56. The standard InChI is InChI=1S/C22H21F4NO/c1-21-4-3-5-22(2,20(21)28)19(13-8-16(25)11-17(26)9-13)27-18(21)12-6-14(23)10-15(24)7-12/h6-11,18-19,27H,3-5H2,1-2H3/t18-,19+,21-,22+. The highest BCUT2D eigenvalue weighted by Crippen LogP contribution is 2.58. The zero-order valence-corrected chi connectivity index (χ0v) is 15.7. The summed E-state index contributed by atoms with van der Waals surface area (Å²) in [5, 5.41) is 3.32. The molecule has 2 aromatic rings. The summed E-state index contributed by atoms with van der Waals surface area (Å²) in [6.07, 6.45) is 1.88. The molecule has 0 unspecified atom stereocenters. The fourth-order valence-corrected chi connectivity index (χ4v) is 5.20. The Balaban J connectivity index is 1.87. The Hall–Kier alpha value is -2.21. The number of hydrogen-bond donors (Lipinski definition) is 1. The number of rotatable bonds is 2. The molecule has 1 N–H and O–H groups in total. The van der Waals surface area contributed by atoms with Crippen LogP contribution >= 0.6 is 0 Å². The van der Waals surface area contributed by atoms with Crippen molar-refractivity contribution in [2.45, 2.75) is 45.2 Å². The van der Waals surface area contributed by atoms with E-state index in [0.29, 0.717) is 24.0 Å². The van der Waals surface area contributed by atoms with E-state index in [1.807, 2.05) is 0 Å². The van der Waals surface area contributed by atoms with E-state index in [-0.39, 0.29) is 5.78 Å². The number of benzene rings is 2. The number of fused-ring (bicyclic) bond motifs is 2. The largest absolute Gasteiger partial charge is 0.301 e. The summed E-state index contributed by atoms with van der Waals surface area (Å²) in [6.45, 7) is 3.60. The molecule has 0 aromatic heterocycles. The molecule has 2 aromatic carbocycles. The van der Waals surface area contributed by atoms with Crippen LogP contribution in [-0.2, 0) is 4.79 Å². The molecule has 1 aliphatic carbocycles. The monoisotopic (exact) mass is 391 g/mol. The fraction of sp³-hybridized carbons (Fsp3) is 0.409. The quantitative estimate of drug-likeness (QED) is 0.695. The summed E-state index contributed by atoms with van der Waals surface area (Å²) in [6, 6.07) is 5.05. The Morgan fingerprint density at radius 3 is 1.46 bits per heavy atom. The number of hydrogen-bond acceptors (Lipinski definition) is 2. The third-order valence-electron chi connectivity index (χ3n) is 6.47. The Labute approximate surface area is 160 Å². The van der Waals surface area contributed by atoms with Crippen LogP contribution in [0.2, 0.25) is 0 Å². The number of ketones is 1. The lowest BCUT2D eigenvalue weighted by Crippen LogP contribution is -2.61. The van der Waals surface area contributed by atoms with Crippen LogP contribution < -0.4 is 5.32 Å². The van der Waals surface area contributed by atoms with Crippen molar-refractivity contribution in [2.24, 2.45) is 10.8 Å². The van der Waals surface area contributed by atoms with Gasteiger partial charge in [-0.05, 0) is 48.2 Å². The molecule has 4 rings (SSSR count). The van der Waals surface area contributed by atoms with E-state index in [2.05, 4.69) is 5.32 Å². The minimum absolute atomic E-state index is 0.0469. The first-order chi connectivity index (χ1) is 13.1. The normalized spacial score (nSPS) is 32.4. The van der Waals surface area contributed by atoms with Gasteiger partial charge in [0.05, 0.1) is 0 Å². The molecule has 1 aliphatic heterocycles. The fourth-order valence-electron chi connectivity index (χ4n) is 5.20. The molecular weight excluding hydrogens is 370 g/mol. The van der Waals surface area contributed by atoms with E-state index in [0.717, 1.165) is 18.6 Å². The van der Waals surface area contributed by atoms with Gasteiger partial charge in [-0.2, -0.15) is 0 Å². The molecule has 28 heavy (non-hydrogen) atoms. The second-order valence-electron chi connectivity index (χ2n) is 8.46. The zero-order valence-electron chi connectivity index (χ0n) is 15.7. The molecule has 2 nitrogen and oxygen atoms in total. The van der Waals surface area contributed by atoms with Crippen molar-refractivity contribution in [3.63, 3.8) is 0 Å². The lowest BCUT2D eigenvalue weighted by molar-refractivity contribution is -0.153. The maximum Gasteiger partial charge on any atom is 0.148 e. The van der Waals surface area contributed by atoms with Gasteiger partial charge in [-0.25, -0.2) is 17.6 Å². The van der Waals surface area contributed by atoms with Crippen LogP contribution in [0.25, 0.3) is 0 Å². The van der Waals surface area contributed by atoms with Crippen LogP contribution in [-0.4, -0.2) is 5.78 Å². The molecule has 2 aliphatic rings. The Bertz CT molecular complexity index is 848. The van der Waals surface area contributed by atoms with Gasteiger partial charge in [0.1, 0.15) is 29.1 Å². The highest BCUT2D eigenvalue weighted by atomic mass is 19.1. The van der Waals surface area contributed by atoms with Crippen molar-refractivity contribution >= 4 is 5.78 Å². The first kappa shape index (κ1) is 19.1. The summed E-state index contributed by atoms with van der Waals surface area (Å²) in [5.41, 5.74) is -1.09. The SMILES string of the molecule is C[C@]12CCC[C@](C)(C1=O)[C@H](c1cc(F)cc(F)c1)N[C@@H]2c1cc(F)cc(F)c1. The van der Waals surface area contributed by atoms with Gasteiger partial charge in [-0.3, -0.25) is 4.79 Å². The van der Waals surface area contributed by atoms with Crippen molar-refractivity contribution in [3.8, 4) is 0 Å². The first-order valence-electron chi connectivity index (χ1n) is 9.36. The van der Waals surface area contributed by atoms with Crippen molar-refractivity contribution in [1.29, 1.82) is 0 Å². The number of halogens is 4. The lowest BCUT2D eigenvalue weighted by atomic mass is 9.52. The molecule has 1 saturated heterocycles. The molecule has 2 bridgehead atoms. The molecular formula is C22H21F4NO. The summed E-state index contributed by atoms with van der Waals surface area (Å²) >= 11 is 0. The van der Waals surface area contributed by atoms with Crippen LogP contribution in [0.15, 0.2) is 36.4 Å². The maximum atomic E-state index is 13.9. The molecule has 1 heterocycles. The van der Waals surface area contributed by atoms with E-state index in [1.54, 1.807) is 13.8 Å². The third-order valence-corrected chi connectivity index (χ3v) is 6.47. The number of piperidine rings is 1. The zero-order chi connectivity index (χ0) is 20.3. The van der Waals surface area contributed by atoms with Crippen LogP contribution in [0.3, 0.4) is 0 Å². The average Bonchev–Trinajstić information content (AvgIpc) is 2.57. The number of nitrogens with one attached hydrogen (secondary N) is 1. The summed E-state index contributed by atoms with van der Waals surface area (Å²) < 4.78 is 55.5. The molecule has 4 atom stereocenters. The predicted molar refractivity (Wildman–Crippen MR) is 96.4 cm³/mol. The third kappa shape index (κ3) is 2.85. The molecule has 0 amide bonds. The Kier molecular flexibility index (Phi) is 4.38. The van der Waals surface area contributed by atoms with Crippen LogP contribution in [0.5, 0.6) is 0 Å². The van der Waals surface area contributed by atoms with Gasteiger partial charge in [-0.1, -0.05) is 20.3 Å². The first-order valence-corrected chi connectivity index (χ1v) is 9.36. The number of carbonyl (C=O) groups is 1. The van der Waals surface area contributed by atoms with Crippen LogP contribution in [0.1, 0.15) is 56.3 Å². The predicted octanol–water partition coefficient (Wildman–Crippen LogP) is 5.39. The van der Waals surface area contributed by atoms with E-state index < -0.39 is 46.2 Å². The van der Waals surface area contributed by atoms with E-state index >= 15 is 0 Å². The van der Waals surface area contributed by atoms with E-state index in [9.17, 15) is 22.4 Å². The van der Waals surface area contributed by atoms with Gasteiger partial charge in [0, 0.05) is 35.0 Å². The van der Waals surface area contributed by atoms with Crippen LogP contribution in [0, 0.1) is 34.1 Å². The van der Waals surface area contributed by atoms with Crippen molar-refractivity contribution in [3.05, 3.63) is 70.8 Å². The highest BCUT2D eigenvalue weighted by Gasteiger charge is 2.60. The second-order valence-corrected chi connectivity index (χ2v) is 8.46. The van der Waals surface area contributed by atoms with Gasteiger partial charge >= 0.3 is 0 Å². The molecule has 0 spiro atoms. The minimum Gasteiger partial charge on any atom is -0.301 e. The van der Waals surface area contributed by atoms with Gasteiger partial charge < -0.3 is 5.32 Å². The summed E-state index contributed by atoms with van der Waals surface area (Å²) in [5.74, 6) is -2.97. The summed E-state index contributed by atoms with van der Waals surface area (Å²) in [4.78, 5) is 13.5. The Morgan fingerprint density at radius 1 is 0.750 bits per heavy atom. The Morgan fingerprint density at radius 2 is 1.11 bits per heavy atom. The second kappa shape index (κ2) is 6.41. The topological polar surface area (TPSA) is 29.1 Å². The molecule has 1 saturated carbocycles. The summed E-state index contributed by atoms with van der Waals surface area (Å²) in [7, 11) is 0. The molecule has 0 radical (unpaired) electrons. The van der Waals surface area contributed by atoms with E-state index in [1.165, 1.54) is 24.3 Å². The number of Topliss-reactive ketones (excluding diaryl/α,β-unsaturated/α-hetero) is 1. The molecule has 148 valence electrons. The van der Waals surface area contributed by atoms with E-state index in [4.69, 9.17) is 0 Å². The van der Waals surface area contributed by atoms with Gasteiger partial charge in [0.25, 0.3) is 0 Å². The molecule has 6 heteroatoms. The van der Waals surface area contributed by atoms with Gasteiger partial charge in [-0.15, -0.1) is 0 Å². The average molecular weight is 391 g/mol. The van der Waals surface area contributed by atoms with Crippen molar-refractivity contribution < 1.29 is 22.4 Å². The molecule has 2 fully saturated rings. The van der Waals surface area contributed by atoms with Gasteiger partial charge in [0.2, 0.25) is 0 Å². The van der Waals surface area contributed by atoms with Crippen molar-refractivity contribution in [1.82, 2.24) is 5.32 Å². The van der Waals surface area contributed by atoms with Crippen LogP contribution in [0.4, 0.5) is 17.6 Å². The van der Waals surface area contributed by atoms with Gasteiger partial charge in [0.15, 0.2) is 0 Å². The smallest absolute Gasteiger partial charge is 0.148 e. The maximum absolute atomic E-state index is 13.9.